The number of H-pyrrole nitrogens is 1. The summed E-state index contributed by atoms with van der Waals surface area (Å²) in [5.74, 6) is 0.556. The summed E-state index contributed by atoms with van der Waals surface area (Å²) in [6, 6.07) is 0. The Balaban J connectivity index is 3.08. The molecule has 50 valence electrons. The first-order chi connectivity index (χ1) is 4.22. The summed E-state index contributed by atoms with van der Waals surface area (Å²) in [5.41, 5.74) is 1.26. The SMILES string of the molecule is CC(C)c1cs[nH]c1=S. The molecule has 0 fully saturated rings. The largest absolute Gasteiger partial charge is 0.302 e. The van der Waals surface area contributed by atoms with E-state index in [-0.39, 0.29) is 0 Å². The lowest BCUT2D eigenvalue weighted by Crippen LogP contribution is -1.82. The molecule has 1 aromatic rings. The van der Waals surface area contributed by atoms with Crippen LogP contribution in [0.1, 0.15) is 25.3 Å². The fourth-order valence-electron chi connectivity index (χ4n) is 0.657. The van der Waals surface area contributed by atoms with Gasteiger partial charge in [-0.3, -0.25) is 0 Å². The first-order valence-electron chi connectivity index (χ1n) is 2.88. The Kier molecular flexibility index (Phi) is 2.03. The fourth-order valence-corrected chi connectivity index (χ4v) is 1.97. The smallest absolute Gasteiger partial charge is 0.116 e. The van der Waals surface area contributed by atoms with E-state index < -0.39 is 0 Å². The third kappa shape index (κ3) is 1.40. The normalized spacial score (nSPS) is 10.6. The van der Waals surface area contributed by atoms with Gasteiger partial charge in [-0.25, -0.2) is 0 Å². The minimum Gasteiger partial charge on any atom is -0.302 e. The van der Waals surface area contributed by atoms with Crippen LogP contribution in [0.4, 0.5) is 0 Å². The topological polar surface area (TPSA) is 15.8 Å². The summed E-state index contributed by atoms with van der Waals surface area (Å²) in [5, 5.41) is 2.08. The predicted molar refractivity (Wildman–Crippen MR) is 43.6 cm³/mol. The van der Waals surface area contributed by atoms with Crippen molar-refractivity contribution in [2.45, 2.75) is 19.8 Å². The molecule has 9 heavy (non-hydrogen) atoms. The molecule has 0 spiro atoms. The van der Waals surface area contributed by atoms with Gasteiger partial charge in [-0.2, -0.15) is 0 Å². The zero-order valence-electron chi connectivity index (χ0n) is 5.47. The quantitative estimate of drug-likeness (QED) is 0.623. The first-order valence-corrected chi connectivity index (χ1v) is 4.16. The molecule has 0 aliphatic heterocycles. The average Bonchev–Trinajstić information content (AvgIpc) is 2.13. The predicted octanol–water partition coefficient (Wildman–Crippen LogP) is 2.93. The molecule has 0 unspecified atom stereocenters. The summed E-state index contributed by atoms with van der Waals surface area (Å²) >= 11 is 6.58. The van der Waals surface area contributed by atoms with Crippen LogP contribution >= 0.6 is 23.8 Å². The lowest BCUT2D eigenvalue weighted by atomic mass is 10.1. The van der Waals surface area contributed by atoms with E-state index >= 15 is 0 Å². The number of aromatic nitrogens is 1. The van der Waals surface area contributed by atoms with Gasteiger partial charge in [0.2, 0.25) is 0 Å². The summed E-state index contributed by atoms with van der Waals surface area (Å²) in [4.78, 5) is 0. The molecule has 3 heteroatoms. The van der Waals surface area contributed by atoms with Gasteiger partial charge in [0.1, 0.15) is 4.64 Å². The van der Waals surface area contributed by atoms with Crippen molar-refractivity contribution in [3.63, 3.8) is 0 Å². The van der Waals surface area contributed by atoms with Crippen LogP contribution in [-0.4, -0.2) is 4.37 Å². The molecule has 0 amide bonds. The van der Waals surface area contributed by atoms with Gasteiger partial charge in [-0.15, -0.1) is 0 Å². The maximum atomic E-state index is 5.02. The molecule has 0 atom stereocenters. The second-order valence-corrected chi connectivity index (χ2v) is 3.36. The van der Waals surface area contributed by atoms with Gasteiger partial charge in [-0.1, -0.05) is 37.6 Å². The van der Waals surface area contributed by atoms with Crippen molar-refractivity contribution < 1.29 is 0 Å². The van der Waals surface area contributed by atoms with E-state index in [4.69, 9.17) is 12.2 Å². The van der Waals surface area contributed by atoms with E-state index in [1.807, 2.05) is 0 Å². The maximum Gasteiger partial charge on any atom is 0.116 e. The number of hydrogen-bond acceptors (Lipinski definition) is 2. The highest BCUT2D eigenvalue weighted by molar-refractivity contribution is 7.71. The Bertz CT molecular complexity index is 233. The third-order valence-corrected chi connectivity index (χ3v) is 2.38. The van der Waals surface area contributed by atoms with Crippen LogP contribution in [0.25, 0.3) is 0 Å². The van der Waals surface area contributed by atoms with Crippen LogP contribution in [0.2, 0.25) is 0 Å². The van der Waals surface area contributed by atoms with Crippen LogP contribution in [0, 0.1) is 4.64 Å². The summed E-state index contributed by atoms with van der Waals surface area (Å²) in [6.07, 6.45) is 0. The van der Waals surface area contributed by atoms with Gasteiger partial charge in [0.25, 0.3) is 0 Å². The fraction of sp³-hybridized carbons (Fsp3) is 0.500. The van der Waals surface area contributed by atoms with Crippen LogP contribution in [0.15, 0.2) is 5.38 Å². The Labute approximate surface area is 63.9 Å². The second-order valence-electron chi connectivity index (χ2n) is 2.28. The van der Waals surface area contributed by atoms with Gasteiger partial charge < -0.3 is 4.37 Å². The molecule has 1 N–H and O–H groups in total. The van der Waals surface area contributed by atoms with Gasteiger partial charge in [0, 0.05) is 10.9 Å². The van der Waals surface area contributed by atoms with E-state index in [9.17, 15) is 0 Å². The number of rotatable bonds is 1. The van der Waals surface area contributed by atoms with Gasteiger partial charge in [-0.05, 0) is 5.92 Å². The first kappa shape index (κ1) is 6.96. The van der Waals surface area contributed by atoms with Crippen molar-refractivity contribution >= 4 is 23.8 Å². The van der Waals surface area contributed by atoms with Crippen molar-refractivity contribution in [1.29, 1.82) is 0 Å². The van der Waals surface area contributed by atoms with E-state index in [0.717, 1.165) is 4.64 Å². The minimum absolute atomic E-state index is 0.556. The zero-order valence-corrected chi connectivity index (χ0v) is 7.10. The third-order valence-electron chi connectivity index (χ3n) is 1.22. The molecule has 1 rings (SSSR count). The number of nitrogens with one attached hydrogen (secondary N) is 1. The van der Waals surface area contributed by atoms with Crippen LogP contribution < -0.4 is 0 Å². The van der Waals surface area contributed by atoms with E-state index in [2.05, 4.69) is 23.6 Å². The molecule has 0 saturated carbocycles. The van der Waals surface area contributed by atoms with Crippen LogP contribution in [0.5, 0.6) is 0 Å². The average molecular weight is 159 g/mol. The molecule has 0 aliphatic rings. The molecule has 0 saturated heterocycles. The second kappa shape index (κ2) is 2.62. The molecule has 0 aliphatic carbocycles. The lowest BCUT2D eigenvalue weighted by Gasteiger charge is -1.95. The molecule has 1 heterocycles. The van der Waals surface area contributed by atoms with E-state index in [0.29, 0.717) is 5.92 Å². The van der Waals surface area contributed by atoms with Crippen LogP contribution in [0.3, 0.4) is 0 Å². The summed E-state index contributed by atoms with van der Waals surface area (Å²) in [7, 11) is 0. The van der Waals surface area contributed by atoms with E-state index in [1.54, 1.807) is 11.5 Å². The Morgan fingerprint density at radius 3 is 2.56 bits per heavy atom. The molecular weight excluding hydrogens is 150 g/mol. The van der Waals surface area contributed by atoms with Crippen molar-refractivity contribution in [1.82, 2.24) is 4.37 Å². The van der Waals surface area contributed by atoms with Crippen molar-refractivity contribution in [2.75, 3.05) is 0 Å². The molecular formula is C6H9NS2. The molecule has 0 bridgehead atoms. The van der Waals surface area contributed by atoms with Crippen LogP contribution in [-0.2, 0) is 0 Å². The molecule has 1 nitrogen and oxygen atoms in total. The zero-order chi connectivity index (χ0) is 6.85. The highest BCUT2D eigenvalue weighted by Gasteiger charge is 2.00. The monoisotopic (exact) mass is 159 g/mol. The minimum atomic E-state index is 0.556. The maximum absolute atomic E-state index is 5.02. The van der Waals surface area contributed by atoms with Gasteiger partial charge >= 0.3 is 0 Å². The number of aromatic amines is 1. The van der Waals surface area contributed by atoms with Gasteiger partial charge in [0.05, 0.1) is 0 Å². The van der Waals surface area contributed by atoms with Gasteiger partial charge in [0.15, 0.2) is 0 Å². The Morgan fingerprint density at radius 2 is 2.33 bits per heavy atom. The summed E-state index contributed by atoms with van der Waals surface area (Å²) in [6.45, 7) is 4.29. The number of hydrogen-bond donors (Lipinski definition) is 1. The highest BCUT2D eigenvalue weighted by atomic mass is 32.1. The Hall–Kier alpha value is -0.150. The van der Waals surface area contributed by atoms with Crippen molar-refractivity contribution in [3.05, 3.63) is 15.6 Å². The molecule has 1 aromatic heterocycles. The highest BCUT2D eigenvalue weighted by Crippen LogP contribution is 2.16. The lowest BCUT2D eigenvalue weighted by molar-refractivity contribution is 0.865. The van der Waals surface area contributed by atoms with E-state index in [1.165, 1.54) is 5.56 Å². The molecule has 0 radical (unpaired) electrons. The molecule has 0 aromatic carbocycles. The van der Waals surface area contributed by atoms with Crippen molar-refractivity contribution in [2.24, 2.45) is 0 Å². The van der Waals surface area contributed by atoms with Crippen molar-refractivity contribution in [3.8, 4) is 0 Å². The summed E-state index contributed by atoms with van der Waals surface area (Å²) < 4.78 is 3.90. The Morgan fingerprint density at radius 1 is 1.67 bits per heavy atom. The standard InChI is InChI=1S/C6H9NS2/c1-4(2)5-3-9-7-6(5)8/h3-4H,1-2H3,(H,7,8).